The highest BCUT2D eigenvalue weighted by atomic mass is 16.2. The van der Waals surface area contributed by atoms with Crippen molar-refractivity contribution < 1.29 is 9.59 Å². The molecule has 0 saturated carbocycles. The second kappa shape index (κ2) is 3.06. The third-order valence-corrected chi connectivity index (χ3v) is 2.45. The van der Waals surface area contributed by atoms with Gasteiger partial charge in [-0.25, -0.2) is 4.79 Å². The maximum Gasteiger partial charge on any atom is 0.322 e. The number of aromatic nitrogens is 2. The SMILES string of the molecule is Cn1cc(C2(CN)NC(=O)NC2=O)cn1. The van der Waals surface area contributed by atoms with Crippen LogP contribution in [-0.4, -0.2) is 28.3 Å². The molecule has 0 radical (unpaired) electrons. The van der Waals surface area contributed by atoms with Crippen molar-refractivity contribution in [1.82, 2.24) is 20.4 Å². The second-order valence-corrected chi connectivity index (χ2v) is 3.42. The van der Waals surface area contributed by atoms with Crippen LogP contribution in [0.5, 0.6) is 0 Å². The first-order chi connectivity index (χ1) is 7.08. The summed E-state index contributed by atoms with van der Waals surface area (Å²) in [4.78, 5) is 22.7. The lowest BCUT2D eigenvalue weighted by Crippen LogP contribution is -2.49. The first-order valence-electron chi connectivity index (χ1n) is 4.41. The van der Waals surface area contributed by atoms with E-state index < -0.39 is 17.5 Å². The Hall–Kier alpha value is -1.89. The molecule has 1 saturated heterocycles. The smallest absolute Gasteiger partial charge is 0.322 e. The molecule has 1 atom stereocenters. The van der Waals surface area contributed by atoms with Crippen molar-refractivity contribution in [3.05, 3.63) is 18.0 Å². The van der Waals surface area contributed by atoms with Crippen LogP contribution in [0.3, 0.4) is 0 Å². The number of urea groups is 1. The third-order valence-electron chi connectivity index (χ3n) is 2.45. The van der Waals surface area contributed by atoms with E-state index in [9.17, 15) is 9.59 Å². The van der Waals surface area contributed by atoms with E-state index in [0.29, 0.717) is 5.56 Å². The molecule has 0 aliphatic carbocycles. The Labute approximate surface area is 85.6 Å². The van der Waals surface area contributed by atoms with Crippen LogP contribution in [0, 0.1) is 0 Å². The predicted octanol–water partition coefficient (Wildman–Crippen LogP) is -1.59. The number of hydrogen-bond donors (Lipinski definition) is 3. The zero-order valence-electron chi connectivity index (χ0n) is 8.15. The lowest BCUT2D eigenvalue weighted by atomic mass is 9.93. The number of carbonyl (C=O) groups excluding carboxylic acids is 2. The molecule has 0 aromatic carbocycles. The summed E-state index contributed by atoms with van der Waals surface area (Å²) < 4.78 is 1.55. The molecule has 1 aromatic heterocycles. The maximum atomic E-state index is 11.6. The Bertz CT molecular complexity index is 426. The second-order valence-electron chi connectivity index (χ2n) is 3.42. The number of hydrogen-bond acceptors (Lipinski definition) is 4. The van der Waals surface area contributed by atoms with Gasteiger partial charge in [-0.3, -0.25) is 14.8 Å². The number of amides is 3. The zero-order chi connectivity index (χ0) is 11.1. The largest absolute Gasteiger partial charge is 0.327 e. The van der Waals surface area contributed by atoms with E-state index in [2.05, 4.69) is 15.7 Å². The van der Waals surface area contributed by atoms with Crippen LogP contribution in [0.4, 0.5) is 4.79 Å². The van der Waals surface area contributed by atoms with E-state index in [0.717, 1.165) is 0 Å². The van der Waals surface area contributed by atoms with E-state index in [1.165, 1.54) is 6.20 Å². The fourth-order valence-corrected chi connectivity index (χ4v) is 1.60. The van der Waals surface area contributed by atoms with Gasteiger partial charge in [-0.2, -0.15) is 5.10 Å². The van der Waals surface area contributed by atoms with Crippen LogP contribution in [-0.2, 0) is 17.4 Å². The van der Waals surface area contributed by atoms with E-state index in [1.807, 2.05) is 0 Å². The number of nitrogens with zero attached hydrogens (tertiary/aromatic N) is 2. The van der Waals surface area contributed by atoms with Gasteiger partial charge >= 0.3 is 6.03 Å². The van der Waals surface area contributed by atoms with Gasteiger partial charge in [0, 0.05) is 25.4 Å². The molecule has 1 aliphatic heterocycles. The molecule has 4 N–H and O–H groups in total. The fraction of sp³-hybridized carbons (Fsp3) is 0.375. The van der Waals surface area contributed by atoms with Crippen molar-refractivity contribution in [2.75, 3.05) is 6.54 Å². The summed E-state index contributed by atoms with van der Waals surface area (Å²) in [6.07, 6.45) is 3.16. The zero-order valence-corrected chi connectivity index (χ0v) is 8.15. The summed E-state index contributed by atoms with van der Waals surface area (Å²) in [6, 6.07) is -0.533. The quantitative estimate of drug-likeness (QED) is 0.511. The molecular weight excluding hydrogens is 198 g/mol. The van der Waals surface area contributed by atoms with Gasteiger partial charge in [0.25, 0.3) is 5.91 Å². The number of rotatable bonds is 2. The first-order valence-corrected chi connectivity index (χ1v) is 4.41. The van der Waals surface area contributed by atoms with E-state index in [1.54, 1.807) is 17.9 Å². The maximum absolute atomic E-state index is 11.6. The topological polar surface area (TPSA) is 102 Å². The molecule has 1 unspecified atom stereocenters. The lowest BCUT2D eigenvalue weighted by Gasteiger charge is -2.22. The number of carbonyl (C=O) groups is 2. The molecule has 1 aromatic rings. The van der Waals surface area contributed by atoms with Crippen LogP contribution in [0.1, 0.15) is 5.56 Å². The van der Waals surface area contributed by atoms with Crippen LogP contribution >= 0.6 is 0 Å². The molecule has 0 spiro atoms. The van der Waals surface area contributed by atoms with Gasteiger partial charge < -0.3 is 11.1 Å². The summed E-state index contributed by atoms with van der Waals surface area (Å²) in [6.45, 7) is -0.00370. The van der Waals surface area contributed by atoms with E-state index in [-0.39, 0.29) is 6.54 Å². The van der Waals surface area contributed by atoms with Crippen LogP contribution in [0.25, 0.3) is 0 Å². The van der Waals surface area contributed by atoms with Crippen molar-refractivity contribution in [3.8, 4) is 0 Å². The number of imide groups is 1. The highest BCUT2D eigenvalue weighted by molar-refractivity contribution is 6.07. The molecular formula is C8H11N5O2. The molecule has 1 aliphatic rings. The Morgan fingerprint density at radius 1 is 1.60 bits per heavy atom. The summed E-state index contributed by atoms with van der Waals surface area (Å²) in [5, 5.41) is 8.62. The van der Waals surface area contributed by atoms with Gasteiger partial charge in [0.15, 0.2) is 5.54 Å². The monoisotopic (exact) mass is 209 g/mol. The average molecular weight is 209 g/mol. The van der Waals surface area contributed by atoms with Crippen LogP contribution in [0.2, 0.25) is 0 Å². The van der Waals surface area contributed by atoms with Crippen molar-refractivity contribution in [2.45, 2.75) is 5.54 Å². The van der Waals surface area contributed by atoms with Crippen molar-refractivity contribution in [3.63, 3.8) is 0 Å². The minimum atomic E-state index is -1.18. The fourth-order valence-electron chi connectivity index (χ4n) is 1.60. The molecule has 1 fully saturated rings. The van der Waals surface area contributed by atoms with Gasteiger partial charge in [-0.05, 0) is 0 Å². The average Bonchev–Trinajstić information content (AvgIpc) is 2.71. The van der Waals surface area contributed by atoms with Crippen molar-refractivity contribution in [1.29, 1.82) is 0 Å². The van der Waals surface area contributed by atoms with Gasteiger partial charge in [-0.1, -0.05) is 0 Å². The minimum absolute atomic E-state index is 0.00370. The summed E-state index contributed by atoms with van der Waals surface area (Å²) in [5.41, 5.74) is 4.95. The van der Waals surface area contributed by atoms with E-state index >= 15 is 0 Å². The highest BCUT2D eigenvalue weighted by Crippen LogP contribution is 2.22. The standard InChI is InChI=1S/C8H11N5O2/c1-13-3-5(2-10-13)8(4-9)6(14)11-7(15)12-8/h2-3H,4,9H2,1H3,(H2,11,12,14,15). The predicted molar refractivity (Wildman–Crippen MR) is 50.6 cm³/mol. The highest BCUT2D eigenvalue weighted by Gasteiger charge is 2.47. The Morgan fingerprint density at radius 3 is 2.73 bits per heavy atom. The Morgan fingerprint density at radius 2 is 2.33 bits per heavy atom. The molecule has 7 nitrogen and oxygen atoms in total. The van der Waals surface area contributed by atoms with Crippen LogP contribution in [0.15, 0.2) is 12.4 Å². The van der Waals surface area contributed by atoms with Crippen molar-refractivity contribution >= 4 is 11.9 Å². The summed E-state index contributed by atoms with van der Waals surface area (Å²) >= 11 is 0. The van der Waals surface area contributed by atoms with Gasteiger partial charge in [0.2, 0.25) is 0 Å². The van der Waals surface area contributed by atoms with Gasteiger partial charge in [0.1, 0.15) is 0 Å². The Balaban J connectivity index is 2.46. The first kappa shape index (κ1) is 9.66. The molecule has 7 heteroatoms. The lowest BCUT2D eigenvalue weighted by molar-refractivity contribution is -0.123. The number of nitrogens with two attached hydrogens (primary N) is 1. The molecule has 0 bridgehead atoms. The minimum Gasteiger partial charge on any atom is -0.327 e. The van der Waals surface area contributed by atoms with E-state index in [4.69, 9.17) is 5.73 Å². The van der Waals surface area contributed by atoms with Crippen LogP contribution < -0.4 is 16.4 Å². The molecule has 15 heavy (non-hydrogen) atoms. The Kier molecular flexibility index (Phi) is 1.97. The number of nitrogens with one attached hydrogen (secondary N) is 2. The molecule has 2 heterocycles. The molecule has 2 rings (SSSR count). The molecule has 3 amide bonds. The van der Waals surface area contributed by atoms with Gasteiger partial charge in [0.05, 0.1) is 6.20 Å². The molecule has 80 valence electrons. The third kappa shape index (κ3) is 1.28. The summed E-state index contributed by atoms with van der Waals surface area (Å²) in [7, 11) is 1.72. The summed E-state index contributed by atoms with van der Waals surface area (Å²) in [5.74, 6) is -0.442. The number of aryl methyl sites for hydroxylation is 1. The van der Waals surface area contributed by atoms with Crippen molar-refractivity contribution in [2.24, 2.45) is 12.8 Å². The van der Waals surface area contributed by atoms with Gasteiger partial charge in [-0.15, -0.1) is 0 Å². The normalized spacial score (nSPS) is 25.2.